The summed E-state index contributed by atoms with van der Waals surface area (Å²) >= 11 is 5.51. The standard InChI is InChI=1S/C7H6ClNO3.Li/c8-6-3-5(1-2-9-6)12-4-7(10)11;/h1-3H,4H2,(H,10,11);/q;+1/p-1. The maximum Gasteiger partial charge on any atom is 1.00 e. The Labute approximate surface area is 92.1 Å². The molecule has 6 heteroatoms. The third-order valence-corrected chi connectivity index (χ3v) is 1.26. The monoisotopic (exact) mass is 193 g/mol. The minimum absolute atomic E-state index is 0. The molecule has 0 N–H and O–H groups in total. The van der Waals surface area contributed by atoms with Gasteiger partial charge in [0, 0.05) is 12.3 Å². The third-order valence-electron chi connectivity index (χ3n) is 1.05. The molecule has 0 saturated carbocycles. The van der Waals surface area contributed by atoms with E-state index in [1.165, 1.54) is 18.3 Å². The summed E-state index contributed by atoms with van der Waals surface area (Å²) in [5, 5.41) is 10.2. The van der Waals surface area contributed by atoms with Crippen LogP contribution in [0.25, 0.3) is 0 Å². The van der Waals surface area contributed by atoms with Gasteiger partial charge >= 0.3 is 18.9 Å². The molecule has 0 aliphatic rings. The van der Waals surface area contributed by atoms with Gasteiger partial charge in [-0.15, -0.1) is 0 Å². The van der Waals surface area contributed by atoms with Gasteiger partial charge in [-0.1, -0.05) is 11.6 Å². The van der Waals surface area contributed by atoms with Crippen LogP contribution in [0.4, 0.5) is 0 Å². The van der Waals surface area contributed by atoms with Crippen LogP contribution in [-0.2, 0) is 4.79 Å². The molecule has 0 aliphatic heterocycles. The van der Waals surface area contributed by atoms with Crippen molar-refractivity contribution >= 4 is 17.6 Å². The van der Waals surface area contributed by atoms with Crippen molar-refractivity contribution in [3.05, 3.63) is 23.5 Å². The van der Waals surface area contributed by atoms with Crippen molar-refractivity contribution in [2.75, 3.05) is 6.61 Å². The molecule has 0 radical (unpaired) electrons. The van der Waals surface area contributed by atoms with Gasteiger partial charge in [0.2, 0.25) is 0 Å². The van der Waals surface area contributed by atoms with Gasteiger partial charge in [0.15, 0.2) is 0 Å². The first-order chi connectivity index (χ1) is 5.68. The van der Waals surface area contributed by atoms with Gasteiger partial charge in [0.25, 0.3) is 0 Å². The fourth-order valence-electron chi connectivity index (χ4n) is 0.617. The van der Waals surface area contributed by atoms with Crippen molar-refractivity contribution in [1.29, 1.82) is 0 Å². The first kappa shape index (κ1) is 12.3. The van der Waals surface area contributed by atoms with Gasteiger partial charge in [-0.25, -0.2) is 4.98 Å². The summed E-state index contributed by atoms with van der Waals surface area (Å²) in [7, 11) is 0. The van der Waals surface area contributed by atoms with Gasteiger partial charge in [-0.2, -0.15) is 0 Å². The van der Waals surface area contributed by atoms with Gasteiger partial charge < -0.3 is 14.6 Å². The van der Waals surface area contributed by atoms with Crippen LogP contribution in [0.1, 0.15) is 0 Å². The maximum atomic E-state index is 9.97. The number of ether oxygens (including phenoxy) is 1. The van der Waals surface area contributed by atoms with Crippen LogP contribution in [0, 0.1) is 0 Å². The molecule has 0 amide bonds. The molecule has 64 valence electrons. The Kier molecular flexibility index (Phi) is 5.56. The Morgan fingerprint density at radius 3 is 2.92 bits per heavy atom. The molecule has 0 atom stereocenters. The molecule has 0 bridgehead atoms. The number of carboxylic acid groups (broad SMARTS) is 1. The van der Waals surface area contributed by atoms with Gasteiger partial charge in [0.1, 0.15) is 17.5 Å². The quantitative estimate of drug-likeness (QED) is 0.376. The van der Waals surface area contributed by atoms with Crippen LogP contribution < -0.4 is 28.7 Å². The summed E-state index contributed by atoms with van der Waals surface area (Å²) in [6, 6.07) is 2.93. The van der Waals surface area contributed by atoms with E-state index < -0.39 is 12.6 Å². The Morgan fingerprint density at radius 1 is 1.69 bits per heavy atom. The van der Waals surface area contributed by atoms with E-state index in [1.54, 1.807) is 0 Å². The number of rotatable bonds is 3. The van der Waals surface area contributed by atoms with Crippen molar-refractivity contribution in [3.63, 3.8) is 0 Å². The molecular weight excluding hydrogens is 188 g/mol. The third kappa shape index (κ3) is 4.79. The zero-order valence-corrected chi connectivity index (χ0v) is 7.75. The number of aliphatic carboxylic acids is 1. The number of carbonyl (C=O) groups excluding carboxylic acids is 1. The molecule has 0 unspecified atom stereocenters. The average Bonchev–Trinajstić information content (AvgIpc) is 2.01. The van der Waals surface area contributed by atoms with Crippen LogP contribution in [0.15, 0.2) is 18.3 Å². The van der Waals surface area contributed by atoms with E-state index in [-0.39, 0.29) is 24.0 Å². The largest absolute Gasteiger partial charge is 1.00 e. The molecule has 4 nitrogen and oxygen atoms in total. The van der Waals surface area contributed by atoms with Crippen molar-refractivity contribution in [1.82, 2.24) is 4.98 Å². The van der Waals surface area contributed by atoms with Crippen LogP contribution in [0.3, 0.4) is 0 Å². The summed E-state index contributed by atoms with van der Waals surface area (Å²) in [6.45, 7) is -0.486. The van der Waals surface area contributed by atoms with Crippen LogP contribution >= 0.6 is 11.6 Å². The predicted molar refractivity (Wildman–Crippen MR) is 39.7 cm³/mol. The summed E-state index contributed by atoms with van der Waals surface area (Å²) in [4.78, 5) is 13.7. The van der Waals surface area contributed by atoms with E-state index in [4.69, 9.17) is 16.3 Å². The van der Waals surface area contributed by atoms with Crippen molar-refractivity contribution in [2.45, 2.75) is 0 Å². The van der Waals surface area contributed by atoms with E-state index >= 15 is 0 Å². The van der Waals surface area contributed by atoms with E-state index in [0.717, 1.165) is 0 Å². The molecule has 1 aromatic rings. The number of carbonyl (C=O) groups is 1. The molecule has 1 aromatic heterocycles. The Hall–Kier alpha value is -0.693. The van der Waals surface area contributed by atoms with Crippen molar-refractivity contribution < 1.29 is 33.5 Å². The normalized spacial score (nSPS) is 8.69. The van der Waals surface area contributed by atoms with Crippen LogP contribution in [0.2, 0.25) is 5.15 Å². The number of hydrogen-bond donors (Lipinski definition) is 0. The molecule has 0 fully saturated rings. The summed E-state index contributed by atoms with van der Waals surface area (Å²) in [5.41, 5.74) is 0. The van der Waals surface area contributed by atoms with Gasteiger partial charge in [-0.05, 0) is 6.07 Å². The zero-order chi connectivity index (χ0) is 8.97. The zero-order valence-electron chi connectivity index (χ0n) is 6.99. The number of aromatic nitrogens is 1. The number of hydrogen-bond acceptors (Lipinski definition) is 4. The predicted octanol–water partition coefficient (Wildman–Crippen LogP) is -3.13. The van der Waals surface area contributed by atoms with E-state index in [0.29, 0.717) is 5.75 Å². The Morgan fingerprint density at radius 2 is 2.38 bits per heavy atom. The molecule has 13 heavy (non-hydrogen) atoms. The second kappa shape index (κ2) is 5.87. The smallest absolute Gasteiger partial charge is 0.546 e. The molecule has 0 aliphatic carbocycles. The van der Waals surface area contributed by atoms with Crippen LogP contribution in [-0.4, -0.2) is 17.6 Å². The number of pyridine rings is 1. The fraction of sp³-hybridized carbons (Fsp3) is 0.143. The summed E-state index contributed by atoms with van der Waals surface area (Å²) < 4.78 is 4.76. The second-order valence-electron chi connectivity index (χ2n) is 1.97. The Balaban J connectivity index is 0.00000144. The first-order valence-electron chi connectivity index (χ1n) is 3.12. The van der Waals surface area contributed by atoms with E-state index in [9.17, 15) is 9.90 Å². The van der Waals surface area contributed by atoms with Crippen LogP contribution in [0.5, 0.6) is 5.75 Å². The maximum absolute atomic E-state index is 9.97. The summed E-state index contributed by atoms with van der Waals surface area (Å²) in [6.07, 6.45) is 1.42. The Bertz CT molecular complexity index is 295. The van der Waals surface area contributed by atoms with Gasteiger partial charge in [0.05, 0.1) is 5.97 Å². The second-order valence-corrected chi connectivity index (χ2v) is 2.36. The van der Waals surface area contributed by atoms with Gasteiger partial charge in [-0.3, -0.25) is 0 Å². The minimum Gasteiger partial charge on any atom is -0.546 e. The average molecular weight is 194 g/mol. The van der Waals surface area contributed by atoms with Crippen molar-refractivity contribution in [2.24, 2.45) is 0 Å². The minimum atomic E-state index is -1.28. The summed E-state index contributed by atoms with van der Waals surface area (Å²) in [5.74, 6) is -0.915. The molecule has 0 aromatic carbocycles. The first-order valence-corrected chi connectivity index (χ1v) is 3.50. The fourth-order valence-corrected chi connectivity index (χ4v) is 0.781. The van der Waals surface area contributed by atoms with Crippen molar-refractivity contribution in [3.8, 4) is 5.75 Å². The molecule has 1 rings (SSSR count). The number of halogens is 1. The SMILES string of the molecule is O=C([O-])COc1ccnc(Cl)c1.[Li+]. The molecule has 0 saturated heterocycles. The molecular formula is C7H5ClLiNO3. The molecule has 0 spiro atoms. The van der Waals surface area contributed by atoms with E-state index in [2.05, 4.69) is 4.98 Å². The number of carboxylic acids is 1. The van der Waals surface area contributed by atoms with E-state index in [1.807, 2.05) is 0 Å². The topological polar surface area (TPSA) is 62.2 Å². The molecule has 1 heterocycles. The number of nitrogens with zero attached hydrogens (tertiary/aromatic N) is 1.